The van der Waals surface area contributed by atoms with E-state index in [0.717, 1.165) is 66.4 Å². The fourth-order valence-electron chi connectivity index (χ4n) is 7.18. The molecule has 58 heavy (non-hydrogen) atoms. The first-order valence-corrected chi connectivity index (χ1v) is 19.2. The molecule has 272 valence electrons. The molecule has 0 aliphatic carbocycles. The second kappa shape index (κ2) is 15.3. The highest BCUT2D eigenvalue weighted by atomic mass is 15.1. The number of fused-ring (bicyclic) bond motifs is 1. The molecular formula is C52H34N6. The van der Waals surface area contributed by atoms with Crippen LogP contribution in [0.5, 0.6) is 0 Å². The maximum absolute atomic E-state index is 5.20. The van der Waals surface area contributed by atoms with E-state index in [1.807, 2.05) is 84.9 Å². The Kier molecular flexibility index (Phi) is 9.10. The van der Waals surface area contributed by atoms with Crippen LogP contribution in [0.1, 0.15) is 0 Å². The standard InChI is InChI=1S/C52H34N6/c1-5-15-35(16-6-1)37-25-29-41(30-26-37)49-53-47(39-19-9-3-10-20-39)55-51(57-49)45-33-43-23-13-14-24-44(43)34-46(45)52-56-48(40-21-11-4-12-22-40)54-50(58-52)42-31-27-38(28-32-42)36-17-7-2-8-18-36/h1-34H. The van der Waals surface area contributed by atoms with Crippen LogP contribution < -0.4 is 0 Å². The van der Waals surface area contributed by atoms with Crippen LogP contribution in [0, 0.1) is 0 Å². The van der Waals surface area contributed by atoms with Gasteiger partial charge in [0.25, 0.3) is 0 Å². The topological polar surface area (TPSA) is 77.3 Å². The monoisotopic (exact) mass is 742 g/mol. The van der Waals surface area contributed by atoms with Gasteiger partial charge >= 0.3 is 0 Å². The third kappa shape index (κ3) is 7.02. The molecule has 0 spiro atoms. The van der Waals surface area contributed by atoms with Crippen molar-refractivity contribution in [3.8, 4) is 90.6 Å². The Morgan fingerprint density at radius 3 is 0.741 bits per heavy atom. The van der Waals surface area contributed by atoms with Gasteiger partial charge in [-0.15, -0.1) is 0 Å². The molecule has 0 saturated heterocycles. The quantitative estimate of drug-likeness (QED) is 0.154. The SMILES string of the molecule is c1ccc(-c2ccc(-c3nc(-c4ccccc4)nc(-c4cc5ccccc5cc4-c4nc(-c5ccccc5)nc(-c5ccc(-c6ccccc6)cc5)n4)n3)cc2)cc1. The van der Waals surface area contributed by atoms with Gasteiger partial charge in [-0.2, -0.15) is 0 Å². The van der Waals surface area contributed by atoms with Gasteiger partial charge in [-0.25, -0.2) is 29.9 Å². The zero-order chi connectivity index (χ0) is 38.7. The zero-order valence-electron chi connectivity index (χ0n) is 31.3. The molecule has 10 aromatic rings. The zero-order valence-corrected chi connectivity index (χ0v) is 31.3. The average molecular weight is 743 g/mol. The summed E-state index contributed by atoms with van der Waals surface area (Å²) in [5.74, 6) is 3.34. The molecule has 0 amide bonds. The maximum atomic E-state index is 5.20. The van der Waals surface area contributed by atoms with Crippen LogP contribution in [0.2, 0.25) is 0 Å². The van der Waals surface area contributed by atoms with Crippen molar-refractivity contribution in [2.45, 2.75) is 0 Å². The molecule has 0 aliphatic rings. The third-order valence-electron chi connectivity index (χ3n) is 10.2. The Balaban J connectivity index is 1.17. The fraction of sp³-hybridized carbons (Fsp3) is 0. The first-order valence-electron chi connectivity index (χ1n) is 19.2. The lowest BCUT2D eigenvalue weighted by Gasteiger charge is -2.14. The molecule has 6 nitrogen and oxygen atoms in total. The van der Waals surface area contributed by atoms with Crippen molar-refractivity contribution in [1.82, 2.24) is 29.9 Å². The van der Waals surface area contributed by atoms with Crippen molar-refractivity contribution < 1.29 is 0 Å². The number of benzene rings is 8. The van der Waals surface area contributed by atoms with Crippen LogP contribution in [0.15, 0.2) is 206 Å². The van der Waals surface area contributed by atoms with E-state index in [2.05, 4.69) is 121 Å². The van der Waals surface area contributed by atoms with Crippen LogP contribution in [0.3, 0.4) is 0 Å². The third-order valence-corrected chi connectivity index (χ3v) is 10.2. The van der Waals surface area contributed by atoms with Crippen LogP contribution in [0.4, 0.5) is 0 Å². The Labute approximate surface area is 336 Å². The Hall–Kier alpha value is -7.96. The summed E-state index contributed by atoms with van der Waals surface area (Å²) in [6.07, 6.45) is 0. The number of aromatic nitrogens is 6. The van der Waals surface area contributed by atoms with E-state index in [1.54, 1.807) is 0 Å². The van der Waals surface area contributed by atoms with E-state index in [1.165, 1.54) is 0 Å². The molecule has 8 aromatic carbocycles. The summed E-state index contributed by atoms with van der Waals surface area (Å²) in [4.78, 5) is 30.8. The van der Waals surface area contributed by atoms with E-state index in [9.17, 15) is 0 Å². The second-order valence-electron chi connectivity index (χ2n) is 14.0. The highest BCUT2D eigenvalue weighted by Crippen LogP contribution is 2.36. The number of rotatable bonds is 8. The summed E-state index contributed by atoms with van der Waals surface area (Å²) in [6, 6.07) is 70.1. The van der Waals surface area contributed by atoms with Crippen molar-refractivity contribution in [3.05, 3.63) is 206 Å². The molecule has 0 bridgehead atoms. The van der Waals surface area contributed by atoms with Gasteiger partial charge in [-0.3, -0.25) is 0 Å². The number of nitrogens with zero attached hydrogens (tertiary/aromatic N) is 6. The predicted octanol–water partition coefficient (Wildman–Crippen LogP) is 12.5. The molecule has 0 unspecified atom stereocenters. The predicted molar refractivity (Wildman–Crippen MR) is 234 cm³/mol. The van der Waals surface area contributed by atoms with E-state index in [-0.39, 0.29) is 0 Å². The van der Waals surface area contributed by atoms with Crippen molar-refractivity contribution in [1.29, 1.82) is 0 Å². The summed E-state index contributed by atoms with van der Waals surface area (Å²) in [6.45, 7) is 0. The summed E-state index contributed by atoms with van der Waals surface area (Å²) in [7, 11) is 0. The molecular weight excluding hydrogens is 709 g/mol. The molecule has 2 aromatic heterocycles. The number of hydrogen-bond donors (Lipinski definition) is 0. The normalized spacial score (nSPS) is 11.1. The van der Waals surface area contributed by atoms with Crippen LogP contribution >= 0.6 is 0 Å². The van der Waals surface area contributed by atoms with Gasteiger partial charge in [0.1, 0.15) is 0 Å². The molecule has 0 radical (unpaired) electrons. The van der Waals surface area contributed by atoms with Crippen molar-refractivity contribution in [3.63, 3.8) is 0 Å². The molecule has 0 aliphatic heterocycles. The van der Waals surface area contributed by atoms with Crippen LogP contribution in [0.25, 0.3) is 101 Å². The lowest BCUT2D eigenvalue weighted by Crippen LogP contribution is -2.04. The molecule has 10 rings (SSSR count). The van der Waals surface area contributed by atoms with Crippen LogP contribution in [-0.4, -0.2) is 29.9 Å². The minimum Gasteiger partial charge on any atom is -0.208 e. The number of hydrogen-bond acceptors (Lipinski definition) is 6. The molecule has 0 N–H and O–H groups in total. The Morgan fingerprint density at radius 1 is 0.190 bits per heavy atom. The van der Waals surface area contributed by atoms with Gasteiger partial charge in [-0.05, 0) is 45.2 Å². The summed E-state index contributed by atoms with van der Waals surface area (Å²) in [5, 5.41) is 2.09. The molecule has 6 heteroatoms. The van der Waals surface area contributed by atoms with Gasteiger partial charge < -0.3 is 0 Å². The van der Waals surface area contributed by atoms with Crippen LogP contribution in [-0.2, 0) is 0 Å². The first kappa shape index (κ1) is 34.5. The van der Waals surface area contributed by atoms with Gasteiger partial charge in [0.2, 0.25) is 0 Å². The smallest absolute Gasteiger partial charge is 0.164 e. The lowest BCUT2D eigenvalue weighted by atomic mass is 9.99. The van der Waals surface area contributed by atoms with E-state index >= 15 is 0 Å². The lowest BCUT2D eigenvalue weighted by molar-refractivity contribution is 1.06. The van der Waals surface area contributed by atoms with E-state index in [0.29, 0.717) is 34.9 Å². The molecule has 0 fully saturated rings. The highest BCUT2D eigenvalue weighted by Gasteiger charge is 2.21. The minimum atomic E-state index is 0.521. The largest absolute Gasteiger partial charge is 0.208 e. The van der Waals surface area contributed by atoms with Gasteiger partial charge in [0.05, 0.1) is 0 Å². The Morgan fingerprint density at radius 2 is 0.414 bits per heavy atom. The Bertz CT molecular complexity index is 2800. The summed E-state index contributed by atoms with van der Waals surface area (Å²) >= 11 is 0. The molecule has 2 heterocycles. The van der Waals surface area contributed by atoms with E-state index < -0.39 is 0 Å². The van der Waals surface area contributed by atoms with Crippen molar-refractivity contribution >= 4 is 10.8 Å². The van der Waals surface area contributed by atoms with E-state index in [4.69, 9.17) is 29.9 Å². The summed E-state index contributed by atoms with van der Waals surface area (Å²) < 4.78 is 0. The molecule has 0 atom stereocenters. The van der Waals surface area contributed by atoms with Gasteiger partial charge in [-0.1, -0.05) is 194 Å². The minimum absolute atomic E-state index is 0.521. The van der Waals surface area contributed by atoms with Crippen molar-refractivity contribution in [2.24, 2.45) is 0 Å². The average Bonchev–Trinajstić information content (AvgIpc) is 3.32. The maximum Gasteiger partial charge on any atom is 0.164 e. The van der Waals surface area contributed by atoms with Crippen molar-refractivity contribution in [2.75, 3.05) is 0 Å². The molecule has 0 saturated carbocycles. The second-order valence-corrected chi connectivity index (χ2v) is 14.0. The first-order chi connectivity index (χ1) is 28.7. The fourth-order valence-corrected chi connectivity index (χ4v) is 7.18. The van der Waals surface area contributed by atoms with Gasteiger partial charge in [0.15, 0.2) is 34.9 Å². The highest BCUT2D eigenvalue weighted by molar-refractivity contribution is 5.94. The summed E-state index contributed by atoms with van der Waals surface area (Å²) in [5.41, 5.74) is 9.66. The van der Waals surface area contributed by atoms with Gasteiger partial charge in [0, 0.05) is 33.4 Å².